The number of hydrogen-bond acceptors (Lipinski definition) is 1. The summed E-state index contributed by atoms with van der Waals surface area (Å²) in [5.41, 5.74) is 2.88. The van der Waals surface area contributed by atoms with Crippen LogP contribution in [0.2, 0.25) is 0 Å². The molecule has 1 aromatic carbocycles. The molecule has 2 rings (SSSR count). The molecule has 0 amide bonds. The largest absolute Gasteiger partial charge is 0.311 e. The molecule has 2 unspecified atom stereocenters. The first-order chi connectivity index (χ1) is 8.60. The molecule has 1 N–H and O–H groups in total. The highest BCUT2D eigenvalue weighted by molar-refractivity contribution is 5.26. The van der Waals surface area contributed by atoms with Crippen LogP contribution in [0.4, 0.5) is 0 Å². The van der Waals surface area contributed by atoms with E-state index >= 15 is 0 Å². The van der Waals surface area contributed by atoms with Gasteiger partial charge in [-0.05, 0) is 44.1 Å². The van der Waals surface area contributed by atoms with Crippen LogP contribution in [0, 0.1) is 12.8 Å². The van der Waals surface area contributed by atoms with E-state index in [9.17, 15) is 0 Å². The number of aryl methyl sites for hydroxylation is 1. The van der Waals surface area contributed by atoms with Gasteiger partial charge in [0.1, 0.15) is 0 Å². The summed E-state index contributed by atoms with van der Waals surface area (Å²) < 4.78 is 0. The van der Waals surface area contributed by atoms with Gasteiger partial charge < -0.3 is 5.32 Å². The van der Waals surface area contributed by atoms with E-state index in [0.717, 1.165) is 17.9 Å². The Morgan fingerprint density at radius 1 is 1.17 bits per heavy atom. The maximum Gasteiger partial charge on any atom is 0.00813 e. The van der Waals surface area contributed by atoms with Crippen molar-refractivity contribution in [2.24, 2.45) is 5.92 Å². The van der Waals surface area contributed by atoms with Crippen molar-refractivity contribution >= 4 is 0 Å². The van der Waals surface area contributed by atoms with Gasteiger partial charge in [0.05, 0.1) is 0 Å². The Hall–Kier alpha value is -0.820. The number of benzene rings is 1. The van der Waals surface area contributed by atoms with Crippen molar-refractivity contribution in [1.82, 2.24) is 5.32 Å². The third kappa shape index (κ3) is 3.14. The van der Waals surface area contributed by atoms with Crippen LogP contribution >= 0.6 is 0 Å². The molecule has 18 heavy (non-hydrogen) atoms. The molecule has 0 aliphatic heterocycles. The topological polar surface area (TPSA) is 12.0 Å². The SMILES string of the molecule is CCC(C)C(C)NC1CC(c2ccc(C)cc2)C1. The lowest BCUT2D eigenvalue weighted by atomic mass is 9.75. The van der Waals surface area contributed by atoms with Crippen LogP contribution in [-0.4, -0.2) is 12.1 Å². The average Bonchev–Trinajstić information content (AvgIpc) is 2.33. The monoisotopic (exact) mass is 245 g/mol. The van der Waals surface area contributed by atoms with Gasteiger partial charge in [-0.25, -0.2) is 0 Å². The molecule has 0 bridgehead atoms. The first kappa shape index (κ1) is 13.6. The fourth-order valence-electron chi connectivity index (χ4n) is 2.75. The van der Waals surface area contributed by atoms with E-state index in [1.807, 2.05) is 0 Å². The lowest BCUT2D eigenvalue weighted by molar-refractivity contribution is 0.241. The van der Waals surface area contributed by atoms with E-state index in [2.05, 4.69) is 57.3 Å². The maximum atomic E-state index is 3.78. The second kappa shape index (κ2) is 5.88. The van der Waals surface area contributed by atoms with Gasteiger partial charge in [0.25, 0.3) is 0 Å². The zero-order chi connectivity index (χ0) is 13.1. The number of hydrogen-bond donors (Lipinski definition) is 1. The third-order valence-corrected chi connectivity index (χ3v) is 4.68. The fourth-order valence-corrected chi connectivity index (χ4v) is 2.75. The Balaban J connectivity index is 1.78. The summed E-state index contributed by atoms with van der Waals surface area (Å²) in [5.74, 6) is 1.57. The molecule has 100 valence electrons. The summed E-state index contributed by atoms with van der Waals surface area (Å²) in [6.45, 7) is 9.10. The van der Waals surface area contributed by atoms with E-state index in [4.69, 9.17) is 0 Å². The Morgan fingerprint density at radius 3 is 2.33 bits per heavy atom. The smallest absolute Gasteiger partial charge is 0.00813 e. The lowest BCUT2D eigenvalue weighted by Gasteiger charge is -2.39. The molecular weight excluding hydrogens is 218 g/mol. The predicted molar refractivity (Wildman–Crippen MR) is 79.0 cm³/mol. The van der Waals surface area contributed by atoms with Gasteiger partial charge in [-0.2, -0.15) is 0 Å². The van der Waals surface area contributed by atoms with Crippen molar-refractivity contribution in [3.8, 4) is 0 Å². The van der Waals surface area contributed by atoms with E-state index in [-0.39, 0.29) is 0 Å². The van der Waals surface area contributed by atoms with E-state index < -0.39 is 0 Å². The molecule has 0 spiro atoms. The zero-order valence-electron chi connectivity index (χ0n) is 12.2. The van der Waals surface area contributed by atoms with E-state index in [1.165, 1.54) is 30.4 Å². The van der Waals surface area contributed by atoms with Gasteiger partial charge in [-0.1, -0.05) is 50.1 Å². The summed E-state index contributed by atoms with van der Waals surface area (Å²) in [6.07, 6.45) is 3.88. The minimum atomic E-state index is 0.652. The Bertz CT molecular complexity index is 362. The molecule has 1 aliphatic rings. The van der Waals surface area contributed by atoms with Gasteiger partial charge in [-0.3, -0.25) is 0 Å². The summed E-state index contributed by atoms with van der Waals surface area (Å²) in [5, 5.41) is 3.78. The van der Waals surface area contributed by atoms with Crippen LogP contribution in [0.5, 0.6) is 0 Å². The summed E-state index contributed by atoms with van der Waals surface area (Å²) in [4.78, 5) is 0. The summed E-state index contributed by atoms with van der Waals surface area (Å²) >= 11 is 0. The summed E-state index contributed by atoms with van der Waals surface area (Å²) in [6, 6.07) is 10.5. The van der Waals surface area contributed by atoms with Crippen molar-refractivity contribution in [3.63, 3.8) is 0 Å². The van der Waals surface area contributed by atoms with Crippen LogP contribution in [-0.2, 0) is 0 Å². The Kier molecular flexibility index (Phi) is 4.45. The second-order valence-electron chi connectivity index (χ2n) is 6.12. The average molecular weight is 245 g/mol. The maximum absolute atomic E-state index is 3.78. The van der Waals surface area contributed by atoms with Gasteiger partial charge >= 0.3 is 0 Å². The second-order valence-corrected chi connectivity index (χ2v) is 6.12. The standard InChI is InChI=1S/C17H27N/c1-5-13(3)14(4)18-17-10-16(11-17)15-8-6-12(2)7-9-15/h6-9,13-14,16-18H,5,10-11H2,1-4H3. The van der Waals surface area contributed by atoms with Gasteiger partial charge in [0.2, 0.25) is 0 Å². The summed E-state index contributed by atoms with van der Waals surface area (Å²) in [7, 11) is 0. The molecule has 1 aromatic rings. The highest BCUT2D eigenvalue weighted by Gasteiger charge is 2.31. The molecule has 1 aliphatic carbocycles. The van der Waals surface area contributed by atoms with Crippen LogP contribution < -0.4 is 5.32 Å². The van der Waals surface area contributed by atoms with Crippen LogP contribution in [0.3, 0.4) is 0 Å². The molecule has 1 fully saturated rings. The van der Waals surface area contributed by atoms with E-state index in [0.29, 0.717) is 6.04 Å². The minimum Gasteiger partial charge on any atom is -0.311 e. The highest BCUT2D eigenvalue weighted by atomic mass is 15.0. The molecule has 1 nitrogen and oxygen atoms in total. The van der Waals surface area contributed by atoms with Crippen LogP contribution in [0.15, 0.2) is 24.3 Å². The molecule has 0 heterocycles. The van der Waals surface area contributed by atoms with E-state index in [1.54, 1.807) is 0 Å². The first-order valence-corrected chi connectivity index (χ1v) is 7.42. The molecule has 0 radical (unpaired) electrons. The fraction of sp³-hybridized carbons (Fsp3) is 0.647. The van der Waals surface area contributed by atoms with Crippen LogP contribution in [0.25, 0.3) is 0 Å². The molecule has 0 aromatic heterocycles. The minimum absolute atomic E-state index is 0.652. The van der Waals surface area contributed by atoms with Crippen molar-refractivity contribution < 1.29 is 0 Å². The van der Waals surface area contributed by atoms with Gasteiger partial charge in [-0.15, -0.1) is 0 Å². The lowest BCUT2D eigenvalue weighted by Crippen LogP contribution is -2.46. The number of nitrogens with one attached hydrogen (secondary N) is 1. The van der Waals surface area contributed by atoms with Crippen molar-refractivity contribution in [2.45, 2.75) is 65.0 Å². The highest BCUT2D eigenvalue weighted by Crippen LogP contribution is 2.37. The third-order valence-electron chi connectivity index (χ3n) is 4.68. The molecular formula is C17H27N. The molecule has 1 saturated carbocycles. The predicted octanol–water partition coefficient (Wildman–Crippen LogP) is 4.27. The molecule has 2 atom stereocenters. The van der Waals surface area contributed by atoms with Crippen molar-refractivity contribution in [1.29, 1.82) is 0 Å². The van der Waals surface area contributed by atoms with Gasteiger partial charge in [0.15, 0.2) is 0 Å². The Morgan fingerprint density at radius 2 is 1.78 bits per heavy atom. The van der Waals surface area contributed by atoms with Crippen molar-refractivity contribution in [2.75, 3.05) is 0 Å². The Labute approximate surface area is 112 Å². The van der Waals surface area contributed by atoms with Crippen LogP contribution in [0.1, 0.15) is 57.1 Å². The zero-order valence-corrected chi connectivity index (χ0v) is 12.2. The quantitative estimate of drug-likeness (QED) is 0.817. The number of rotatable bonds is 5. The van der Waals surface area contributed by atoms with Gasteiger partial charge in [0, 0.05) is 12.1 Å². The van der Waals surface area contributed by atoms with Crippen molar-refractivity contribution in [3.05, 3.63) is 35.4 Å². The molecule has 0 saturated heterocycles. The molecule has 1 heteroatoms. The normalized spacial score (nSPS) is 26.4. The first-order valence-electron chi connectivity index (χ1n) is 7.42.